The van der Waals surface area contributed by atoms with E-state index in [1.54, 1.807) is 12.1 Å². The molecule has 0 heterocycles. The van der Waals surface area contributed by atoms with Crippen LogP contribution in [0.1, 0.15) is 19.4 Å². The number of nitrogens with two attached hydrogens (primary N) is 1. The van der Waals surface area contributed by atoms with Gasteiger partial charge in [0.1, 0.15) is 0 Å². The number of benzene rings is 1. The number of anilines is 1. The number of nitro benzene ring substituents is 1. The van der Waals surface area contributed by atoms with Gasteiger partial charge in [-0.15, -0.1) is 0 Å². The first-order chi connectivity index (χ1) is 7.91. The fraction of sp³-hybridized carbons (Fsp3) is 0.500. The van der Waals surface area contributed by atoms with Gasteiger partial charge in [-0.25, -0.2) is 0 Å². The maximum Gasteiger partial charge on any atom is 0.269 e. The molecule has 0 fully saturated rings. The highest BCUT2D eigenvalue weighted by atomic mass is 16.6. The molecule has 1 unspecified atom stereocenters. The van der Waals surface area contributed by atoms with E-state index in [9.17, 15) is 10.1 Å². The summed E-state index contributed by atoms with van der Waals surface area (Å²) in [7, 11) is 0. The molecule has 0 aliphatic carbocycles. The van der Waals surface area contributed by atoms with E-state index in [1.165, 1.54) is 6.07 Å². The summed E-state index contributed by atoms with van der Waals surface area (Å²) in [5, 5.41) is 13.8. The van der Waals surface area contributed by atoms with E-state index in [2.05, 4.69) is 19.2 Å². The molecule has 0 saturated heterocycles. The summed E-state index contributed by atoms with van der Waals surface area (Å²) in [5.41, 5.74) is 7.79. The van der Waals surface area contributed by atoms with Crippen molar-refractivity contribution in [2.75, 3.05) is 11.9 Å². The van der Waals surface area contributed by atoms with Crippen LogP contribution in [0, 0.1) is 23.0 Å². The van der Waals surface area contributed by atoms with Gasteiger partial charge in [0.15, 0.2) is 0 Å². The lowest BCUT2D eigenvalue weighted by molar-refractivity contribution is -0.384. The Hall–Kier alpha value is -1.62. The van der Waals surface area contributed by atoms with Crippen LogP contribution in [-0.4, -0.2) is 17.5 Å². The van der Waals surface area contributed by atoms with Crippen molar-refractivity contribution in [1.82, 2.24) is 0 Å². The highest BCUT2D eigenvalue weighted by Gasteiger charge is 2.10. The monoisotopic (exact) mass is 237 g/mol. The number of non-ortho nitro benzene ring substituents is 1. The molecule has 1 atom stereocenters. The van der Waals surface area contributed by atoms with Gasteiger partial charge in [0.2, 0.25) is 0 Å². The molecule has 0 radical (unpaired) electrons. The zero-order valence-electron chi connectivity index (χ0n) is 10.4. The molecule has 1 rings (SSSR count). The van der Waals surface area contributed by atoms with Crippen molar-refractivity contribution >= 4 is 11.4 Å². The minimum absolute atomic E-state index is 0.0737. The zero-order chi connectivity index (χ0) is 13.0. The zero-order valence-corrected chi connectivity index (χ0v) is 10.4. The van der Waals surface area contributed by atoms with Crippen molar-refractivity contribution in [1.29, 1.82) is 0 Å². The summed E-state index contributed by atoms with van der Waals surface area (Å²) in [6.07, 6.45) is 0. The van der Waals surface area contributed by atoms with Crippen LogP contribution in [0.5, 0.6) is 0 Å². The second kappa shape index (κ2) is 5.63. The number of aryl methyl sites for hydroxylation is 1. The number of nitro groups is 1. The summed E-state index contributed by atoms with van der Waals surface area (Å²) >= 11 is 0. The van der Waals surface area contributed by atoms with Crippen molar-refractivity contribution in [3.8, 4) is 0 Å². The molecule has 5 nitrogen and oxygen atoms in total. The first-order valence-electron chi connectivity index (χ1n) is 5.66. The summed E-state index contributed by atoms with van der Waals surface area (Å²) in [4.78, 5) is 10.2. The summed E-state index contributed by atoms with van der Waals surface area (Å²) in [5.74, 6) is 0.404. The van der Waals surface area contributed by atoms with E-state index in [0.29, 0.717) is 12.5 Å². The molecular formula is C12H19N3O2. The van der Waals surface area contributed by atoms with Gasteiger partial charge in [-0.2, -0.15) is 0 Å². The van der Waals surface area contributed by atoms with Gasteiger partial charge in [-0.1, -0.05) is 13.8 Å². The third-order valence-electron chi connectivity index (χ3n) is 2.81. The van der Waals surface area contributed by atoms with Crippen LogP contribution < -0.4 is 11.1 Å². The van der Waals surface area contributed by atoms with Gasteiger partial charge in [-0.3, -0.25) is 10.1 Å². The molecule has 3 N–H and O–H groups in total. The van der Waals surface area contributed by atoms with Crippen LogP contribution in [-0.2, 0) is 0 Å². The molecule has 94 valence electrons. The van der Waals surface area contributed by atoms with E-state index >= 15 is 0 Å². The predicted octanol–water partition coefficient (Wildman–Crippen LogP) is 2.30. The molecule has 5 heteroatoms. The number of nitrogens with one attached hydrogen (secondary N) is 1. The Labute approximate surface area is 101 Å². The molecule has 0 amide bonds. The van der Waals surface area contributed by atoms with Crippen LogP contribution in [0.3, 0.4) is 0 Å². The van der Waals surface area contributed by atoms with Crippen LogP contribution in [0.2, 0.25) is 0 Å². The van der Waals surface area contributed by atoms with Crippen molar-refractivity contribution in [2.24, 2.45) is 11.7 Å². The molecule has 0 bridgehead atoms. The minimum atomic E-state index is -0.392. The highest BCUT2D eigenvalue weighted by Crippen LogP contribution is 2.21. The molecule has 1 aromatic rings. The third kappa shape index (κ3) is 3.71. The van der Waals surface area contributed by atoms with Crippen molar-refractivity contribution in [3.63, 3.8) is 0 Å². The number of rotatable bonds is 5. The summed E-state index contributed by atoms with van der Waals surface area (Å²) in [6.45, 7) is 6.64. The Morgan fingerprint density at radius 1 is 1.47 bits per heavy atom. The normalized spacial score (nSPS) is 12.5. The Balaban J connectivity index is 2.70. The lowest BCUT2D eigenvalue weighted by Crippen LogP contribution is -2.34. The highest BCUT2D eigenvalue weighted by molar-refractivity contribution is 5.55. The van der Waals surface area contributed by atoms with Crippen LogP contribution >= 0.6 is 0 Å². The number of hydrogen-bond acceptors (Lipinski definition) is 4. The molecule has 0 aliphatic rings. The molecule has 1 aromatic carbocycles. The molecule has 0 aromatic heterocycles. The van der Waals surface area contributed by atoms with E-state index in [-0.39, 0.29) is 11.7 Å². The second-order valence-electron chi connectivity index (χ2n) is 4.55. The molecular weight excluding hydrogens is 218 g/mol. The molecule has 0 saturated carbocycles. The van der Waals surface area contributed by atoms with Gasteiger partial charge in [0.05, 0.1) is 4.92 Å². The van der Waals surface area contributed by atoms with Gasteiger partial charge < -0.3 is 11.1 Å². The Bertz CT molecular complexity index is 405. The van der Waals surface area contributed by atoms with Crippen LogP contribution in [0.25, 0.3) is 0 Å². The fourth-order valence-electron chi connectivity index (χ4n) is 1.42. The summed E-state index contributed by atoms with van der Waals surface area (Å²) < 4.78 is 0. The SMILES string of the molecule is Cc1cc([N+](=O)[O-])ccc1NCC(N)C(C)C. The van der Waals surface area contributed by atoms with Crippen molar-refractivity contribution in [3.05, 3.63) is 33.9 Å². The van der Waals surface area contributed by atoms with Gasteiger partial charge in [0, 0.05) is 30.4 Å². The van der Waals surface area contributed by atoms with Crippen LogP contribution in [0.4, 0.5) is 11.4 Å². The van der Waals surface area contributed by atoms with Gasteiger partial charge in [-0.05, 0) is 24.5 Å². The Morgan fingerprint density at radius 3 is 2.59 bits per heavy atom. The quantitative estimate of drug-likeness (QED) is 0.608. The largest absolute Gasteiger partial charge is 0.383 e. The average molecular weight is 237 g/mol. The molecule has 17 heavy (non-hydrogen) atoms. The predicted molar refractivity (Wildman–Crippen MR) is 69.1 cm³/mol. The standard InChI is InChI=1S/C12H19N3O2/c1-8(2)11(13)7-14-12-5-4-10(15(16)17)6-9(12)3/h4-6,8,11,14H,7,13H2,1-3H3. The first-order valence-corrected chi connectivity index (χ1v) is 5.66. The Kier molecular flexibility index (Phi) is 4.45. The number of nitrogens with zero attached hydrogens (tertiary/aromatic N) is 1. The molecule has 0 spiro atoms. The van der Waals surface area contributed by atoms with E-state index in [4.69, 9.17) is 5.73 Å². The van der Waals surface area contributed by atoms with Gasteiger partial charge in [0.25, 0.3) is 5.69 Å². The van der Waals surface area contributed by atoms with E-state index in [1.807, 2.05) is 6.92 Å². The topological polar surface area (TPSA) is 81.2 Å². The Morgan fingerprint density at radius 2 is 2.12 bits per heavy atom. The van der Waals surface area contributed by atoms with Gasteiger partial charge >= 0.3 is 0 Å². The maximum absolute atomic E-state index is 10.6. The minimum Gasteiger partial charge on any atom is -0.383 e. The molecule has 0 aliphatic heterocycles. The lowest BCUT2D eigenvalue weighted by Gasteiger charge is -2.17. The summed E-state index contributed by atoms with van der Waals surface area (Å²) in [6, 6.07) is 4.85. The second-order valence-corrected chi connectivity index (χ2v) is 4.55. The van der Waals surface area contributed by atoms with E-state index in [0.717, 1.165) is 11.3 Å². The average Bonchev–Trinajstić information content (AvgIpc) is 2.26. The fourth-order valence-corrected chi connectivity index (χ4v) is 1.42. The third-order valence-corrected chi connectivity index (χ3v) is 2.81. The van der Waals surface area contributed by atoms with Crippen LogP contribution in [0.15, 0.2) is 18.2 Å². The van der Waals surface area contributed by atoms with E-state index < -0.39 is 4.92 Å². The lowest BCUT2D eigenvalue weighted by atomic mass is 10.1. The van der Waals surface area contributed by atoms with Crippen molar-refractivity contribution < 1.29 is 4.92 Å². The first kappa shape index (κ1) is 13.4. The van der Waals surface area contributed by atoms with Crippen molar-refractivity contribution in [2.45, 2.75) is 26.8 Å². The smallest absolute Gasteiger partial charge is 0.269 e. The maximum atomic E-state index is 10.6. The number of hydrogen-bond donors (Lipinski definition) is 2.